The van der Waals surface area contributed by atoms with Gasteiger partial charge in [-0.15, -0.1) is 0 Å². The van der Waals surface area contributed by atoms with E-state index in [1.807, 2.05) is 6.92 Å². The second-order valence-electron chi connectivity index (χ2n) is 3.80. The SMILES string of the molecule is CCC(N)c1ccc(OCC(C)(F)F)nc1. The first kappa shape index (κ1) is 12.8. The quantitative estimate of drug-likeness (QED) is 0.845. The number of nitrogens with two attached hydrogens (primary N) is 1. The summed E-state index contributed by atoms with van der Waals surface area (Å²) in [5.41, 5.74) is 6.66. The molecule has 0 aliphatic rings. The van der Waals surface area contributed by atoms with Gasteiger partial charge in [0.2, 0.25) is 5.88 Å². The van der Waals surface area contributed by atoms with Crippen LogP contribution >= 0.6 is 0 Å². The van der Waals surface area contributed by atoms with Gasteiger partial charge >= 0.3 is 0 Å². The average Bonchev–Trinajstić information content (AvgIpc) is 2.25. The molecule has 1 atom stereocenters. The Morgan fingerprint density at radius 2 is 2.19 bits per heavy atom. The standard InChI is InChI=1S/C11H16F2N2O/c1-3-9(14)8-4-5-10(15-6-8)16-7-11(2,12)13/h4-6,9H,3,7,14H2,1-2H3. The van der Waals surface area contributed by atoms with Crippen LogP contribution in [0.2, 0.25) is 0 Å². The van der Waals surface area contributed by atoms with Crippen LogP contribution in [0.5, 0.6) is 5.88 Å². The van der Waals surface area contributed by atoms with Crippen molar-refractivity contribution in [2.75, 3.05) is 6.61 Å². The van der Waals surface area contributed by atoms with Crippen LogP contribution in [0.1, 0.15) is 31.9 Å². The van der Waals surface area contributed by atoms with E-state index in [1.54, 1.807) is 18.3 Å². The highest BCUT2D eigenvalue weighted by atomic mass is 19.3. The molecule has 90 valence electrons. The first-order valence-corrected chi connectivity index (χ1v) is 5.14. The van der Waals surface area contributed by atoms with Gasteiger partial charge in [-0.3, -0.25) is 0 Å². The number of rotatable bonds is 5. The Kier molecular flexibility index (Phi) is 4.18. The van der Waals surface area contributed by atoms with E-state index >= 15 is 0 Å². The van der Waals surface area contributed by atoms with Crippen LogP contribution in [0.25, 0.3) is 0 Å². The molecule has 1 rings (SSSR count). The molecule has 0 spiro atoms. The van der Waals surface area contributed by atoms with E-state index < -0.39 is 12.5 Å². The van der Waals surface area contributed by atoms with Crippen LogP contribution in [0.15, 0.2) is 18.3 Å². The first-order chi connectivity index (χ1) is 7.42. The lowest BCUT2D eigenvalue weighted by atomic mass is 10.1. The number of ether oxygens (including phenoxy) is 1. The molecular weight excluding hydrogens is 214 g/mol. The van der Waals surface area contributed by atoms with E-state index in [4.69, 9.17) is 10.5 Å². The molecule has 0 bridgehead atoms. The Labute approximate surface area is 93.6 Å². The van der Waals surface area contributed by atoms with Crippen molar-refractivity contribution in [1.29, 1.82) is 0 Å². The van der Waals surface area contributed by atoms with Gasteiger partial charge in [-0.2, -0.15) is 0 Å². The number of halogens is 2. The van der Waals surface area contributed by atoms with Gasteiger partial charge in [-0.25, -0.2) is 13.8 Å². The molecule has 16 heavy (non-hydrogen) atoms. The van der Waals surface area contributed by atoms with Crippen LogP contribution in [0.3, 0.4) is 0 Å². The van der Waals surface area contributed by atoms with Crippen molar-refractivity contribution in [2.24, 2.45) is 5.73 Å². The number of alkyl halides is 2. The molecular formula is C11H16F2N2O. The smallest absolute Gasteiger partial charge is 0.278 e. The maximum Gasteiger partial charge on any atom is 0.278 e. The summed E-state index contributed by atoms with van der Waals surface area (Å²) in [6, 6.07) is 3.22. The number of aromatic nitrogens is 1. The fourth-order valence-electron chi connectivity index (χ4n) is 1.13. The number of nitrogens with zero attached hydrogens (tertiary/aromatic N) is 1. The van der Waals surface area contributed by atoms with Crippen molar-refractivity contribution in [2.45, 2.75) is 32.2 Å². The van der Waals surface area contributed by atoms with E-state index in [2.05, 4.69) is 4.98 Å². The van der Waals surface area contributed by atoms with Crippen molar-refractivity contribution < 1.29 is 13.5 Å². The molecule has 3 nitrogen and oxygen atoms in total. The molecule has 1 heterocycles. The molecule has 0 aromatic carbocycles. The van der Waals surface area contributed by atoms with Crippen LogP contribution in [0.4, 0.5) is 8.78 Å². The third-order valence-electron chi connectivity index (χ3n) is 2.10. The first-order valence-electron chi connectivity index (χ1n) is 5.14. The third-order valence-corrected chi connectivity index (χ3v) is 2.10. The van der Waals surface area contributed by atoms with Gasteiger partial charge in [0.1, 0.15) is 0 Å². The number of hydrogen-bond donors (Lipinski definition) is 1. The molecule has 0 fully saturated rings. The lowest BCUT2D eigenvalue weighted by Crippen LogP contribution is -2.21. The second kappa shape index (κ2) is 5.21. The van der Waals surface area contributed by atoms with Crippen molar-refractivity contribution >= 4 is 0 Å². The Morgan fingerprint density at radius 3 is 2.62 bits per heavy atom. The fraction of sp³-hybridized carbons (Fsp3) is 0.545. The molecule has 2 N–H and O–H groups in total. The van der Waals surface area contributed by atoms with Gasteiger partial charge < -0.3 is 10.5 Å². The van der Waals surface area contributed by atoms with Gasteiger partial charge in [-0.05, 0) is 12.0 Å². The third kappa shape index (κ3) is 4.10. The molecule has 0 radical (unpaired) electrons. The highest BCUT2D eigenvalue weighted by molar-refractivity contribution is 5.20. The monoisotopic (exact) mass is 230 g/mol. The van der Waals surface area contributed by atoms with Crippen molar-refractivity contribution in [3.8, 4) is 5.88 Å². The van der Waals surface area contributed by atoms with E-state index in [-0.39, 0.29) is 11.9 Å². The summed E-state index contributed by atoms with van der Waals surface area (Å²) in [6.45, 7) is 2.10. The molecule has 0 aliphatic heterocycles. The summed E-state index contributed by atoms with van der Waals surface area (Å²) in [7, 11) is 0. The molecule has 0 saturated heterocycles. The van der Waals surface area contributed by atoms with Gasteiger partial charge in [0.05, 0.1) is 0 Å². The summed E-state index contributed by atoms with van der Waals surface area (Å²) in [6.07, 6.45) is 2.35. The molecule has 0 amide bonds. The van der Waals surface area contributed by atoms with E-state index in [0.29, 0.717) is 0 Å². The van der Waals surface area contributed by atoms with E-state index in [1.165, 1.54) is 0 Å². The largest absolute Gasteiger partial charge is 0.471 e. The Morgan fingerprint density at radius 1 is 1.50 bits per heavy atom. The van der Waals surface area contributed by atoms with Gasteiger partial charge in [0, 0.05) is 25.2 Å². The second-order valence-corrected chi connectivity index (χ2v) is 3.80. The Hall–Kier alpha value is -1.23. The lowest BCUT2D eigenvalue weighted by molar-refractivity contribution is -0.0242. The zero-order valence-electron chi connectivity index (χ0n) is 9.41. The van der Waals surface area contributed by atoms with Gasteiger partial charge in [-0.1, -0.05) is 13.0 Å². The molecule has 5 heteroatoms. The Bertz CT molecular complexity index is 322. The van der Waals surface area contributed by atoms with Crippen LogP contribution in [0, 0.1) is 0 Å². The van der Waals surface area contributed by atoms with Gasteiger partial charge in [0.25, 0.3) is 5.92 Å². The normalized spacial score (nSPS) is 13.6. The summed E-state index contributed by atoms with van der Waals surface area (Å²) in [5, 5.41) is 0. The fourth-order valence-corrected chi connectivity index (χ4v) is 1.13. The zero-order valence-corrected chi connectivity index (χ0v) is 9.41. The van der Waals surface area contributed by atoms with Crippen LogP contribution < -0.4 is 10.5 Å². The minimum Gasteiger partial charge on any atom is -0.471 e. The maximum absolute atomic E-state index is 12.5. The van der Waals surface area contributed by atoms with Crippen LogP contribution in [-0.4, -0.2) is 17.5 Å². The average molecular weight is 230 g/mol. The molecule has 0 aliphatic carbocycles. The van der Waals surface area contributed by atoms with Crippen LogP contribution in [-0.2, 0) is 0 Å². The molecule has 0 saturated carbocycles. The summed E-state index contributed by atoms with van der Waals surface area (Å²) < 4.78 is 29.8. The maximum atomic E-state index is 12.5. The highest BCUT2D eigenvalue weighted by Crippen LogP contribution is 2.17. The van der Waals surface area contributed by atoms with Crippen molar-refractivity contribution in [3.05, 3.63) is 23.9 Å². The molecule has 1 aromatic rings. The molecule has 1 unspecified atom stereocenters. The number of pyridine rings is 1. The predicted molar refractivity (Wildman–Crippen MR) is 57.6 cm³/mol. The topological polar surface area (TPSA) is 48.1 Å². The molecule has 1 aromatic heterocycles. The summed E-state index contributed by atoms with van der Waals surface area (Å²) in [4.78, 5) is 3.92. The zero-order chi connectivity index (χ0) is 12.2. The van der Waals surface area contributed by atoms with Crippen molar-refractivity contribution in [3.63, 3.8) is 0 Å². The van der Waals surface area contributed by atoms with Crippen molar-refractivity contribution in [1.82, 2.24) is 4.98 Å². The van der Waals surface area contributed by atoms with Gasteiger partial charge in [0.15, 0.2) is 6.61 Å². The predicted octanol–water partition coefficient (Wildman–Crippen LogP) is 2.53. The van der Waals surface area contributed by atoms with E-state index in [0.717, 1.165) is 18.9 Å². The lowest BCUT2D eigenvalue weighted by Gasteiger charge is -2.12. The minimum atomic E-state index is -2.85. The Balaban J connectivity index is 2.58. The summed E-state index contributed by atoms with van der Waals surface area (Å²) in [5.74, 6) is -2.66. The minimum absolute atomic E-state index is 0.0748. The van der Waals surface area contributed by atoms with E-state index in [9.17, 15) is 8.78 Å². The summed E-state index contributed by atoms with van der Waals surface area (Å²) >= 11 is 0. The number of hydrogen-bond acceptors (Lipinski definition) is 3. The highest BCUT2D eigenvalue weighted by Gasteiger charge is 2.22.